The number of carbonyl (C=O) groups is 5. The Morgan fingerprint density at radius 3 is 2.42 bits per heavy atom. The van der Waals surface area contributed by atoms with Gasteiger partial charge in [0.25, 0.3) is 5.91 Å². The summed E-state index contributed by atoms with van der Waals surface area (Å²) in [4.78, 5) is 70.1. The van der Waals surface area contributed by atoms with Crippen LogP contribution in [0.1, 0.15) is 65.5 Å². The molecule has 0 spiro atoms. The smallest absolute Gasteiger partial charge is 0.338 e. The number of hydrogen-bond acceptors (Lipinski definition) is 6. The summed E-state index contributed by atoms with van der Waals surface area (Å²) in [5.41, 5.74) is 3.59. The SMILES string of the molecule is CCCC(C)C(=O)N1CC(NC(=O)Nc2cccc(C(=O)OCC)c2)C(=O)N(CC(=O)c2ccccc2C)c2cc(C)ccc21. The molecule has 10 nitrogen and oxygen atoms in total. The number of nitrogens with zero attached hydrogens (tertiary/aromatic N) is 2. The molecule has 0 saturated heterocycles. The maximum absolute atomic E-state index is 14.3. The lowest BCUT2D eigenvalue weighted by atomic mass is 10.0. The minimum Gasteiger partial charge on any atom is -0.462 e. The van der Waals surface area contributed by atoms with Gasteiger partial charge in [-0.1, -0.05) is 56.7 Å². The third-order valence-corrected chi connectivity index (χ3v) is 7.74. The van der Waals surface area contributed by atoms with E-state index in [2.05, 4.69) is 10.6 Å². The minimum atomic E-state index is -1.19. The van der Waals surface area contributed by atoms with Crippen LogP contribution in [0.3, 0.4) is 0 Å². The van der Waals surface area contributed by atoms with Crippen molar-refractivity contribution in [3.8, 4) is 0 Å². The summed E-state index contributed by atoms with van der Waals surface area (Å²) in [7, 11) is 0. The highest BCUT2D eigenvalue weighted by Crippen LogP contribution is 2.35. The van der Waals surface area contributed by atoms with Crippen LogP contribution in [0.4, 0.5) is 21.9 Å². The number of hydrogen-bond donors (Lipinski definition) is 2. The van der Waals surface area contributed by atoms with Crippen LogP contribution in [0.2, 0.25) is 0 Å². The van der Waals surface area contributed by atoms with Gasteiger partial charge in [-0.05, 0) is 68.7 Å². The highest BCUT2D eigenvalue weighted by atomic mass is 16.5. The molecule has 3 aromatic carbocycles. The predicted molar refractivity (Wildman–Crippen MR) is 174 cm³/mol. The summed E-state index contributed by atoms with van der Waals surface area (Å²) >= 11 is 0. The summed E-state index contributed by atoms with van der Waals surface area (Å²) in [6.07, 6.45) is 1.45. The van der Waals surface area contributed by atoms with Crippen molar-refractivity contribution in [3.63, 3.8) is 0 Å². The first-order valence-electron chi connectivity index (χ1n) is 15.2. The fourth-order valence-corrected chi connectivity index (χ4v) is 5.42. The summed E-state index contributed by atoms with van der Waals surface area (Å²) in [6.45, 7) is 9.03. The molecule has 45 heavy (non-hydrogen) atoms. The first kappa shape index (κ1) is 32.9. The molecule has 236 valence electrons. The van der Waals surface area contributed by atoms with Gasteiger partial charge in [0.05, 0.1) is 36.6 Å². The van der Waals surface area contributed by atoms with Crippen LogP contribution in [-0.2, 0) is 14.3 Å². The summed E-state index contributed by atoms with van der Waals surface area (Å²) in [5, 5.41) is 5.40. The zero-order valence-electron chi connectivity index (χ0n) is 26.4. The fourth-order valence-electron chi connectivity index (χ4n) is 5.42. The van der Waals surface area contributed by atoms with Crippen molar-refractivity contribution in [1.82, 2.24) is 5.32 Å². The number of fused-ring (bicyclic) bond motifs is 1. The molecule has 2 N–H and O–H groups in total. The quantitative estimate of drug-likeness (QED) is 0.225. The molecule has 0 saturated carbocycles. The predicted octanol–water partition coefficient (Wildman–Crippen LogP) is 5.67. The molecule has 3 aromatic rings. The first-order chi connectivity index (χ1) is 21.5. The molecular weight excluding hydrogens is 572 g/mol. The molecule has 0 fully saturated rings. The molecule has 0 radical (unpaired) electrons. The molecule has 1 heterocycles. The second kappa shape index (κ2) is 14.7. The van der Waals surface area contributed by atoms with E-state index in [-0.39, 0.29) is 42.9 Å². The molecule has 0 aliphatic carbocycles. The van der Waals surface area contributed by atoms with E-state index in [1.54, 1.807) is 49.4 Å². The number of nitrogens with one attached hydrogen (secondary N) is 2. The van der Waals surface area contributed by atoms with Gasteiger partial charge in [-0.15, -0.1) is 0 Å². The third-order valence-electron chi connectivity index (χ3n) is 7.74. The number of carbonyl (C=O) groups excluding carboxylic acids is 5. The van der Waals surface area contributed by atoms with Gasteiger partial charge in [-0.25, -0.2) is 9.59 Å². The molecule has 0 bridgehead atoms. The number of ketones is 1. The number of ether oxygens (including phenoxy) is 1. The lowest BCUT2D eigenvalue weighted by Gasteiger charge is -2.28. The Balaban J connectivity index is 1.70. The molecule has 4 amide bonds. The van der Waals surface area contributed by atoms with Gasteiger partial charge < -0.3 is 25.2 Å². The number of aryl methyl sites for hydroxylation is 2. The molecule has 2 atom stereocenters. The highest BCUT2D eigenvalue weighted by Gasteiger charge is 2.39. The van der Waals surface area contributed by atoms with Gasteiger partial charge in [-0.2, -0.15) is 0 Å². The van der Waals surface area contributed by atoms with Gasteiger partial charge in [-0.3, -0.25) is 14.4 Å². The van der Waals surface area contributed by atoms with Gasteiger partial charge in [0.2, 0.25) is 5.91 Å². The summed E-state index contributed by atoms with van der Waals surface area (Å²) < 4.78 is 5.05. The van der Waals surface area contributed by atoms with Crippen molar-refractivity contribution in [2.45, 2.75) is 53.5 Å². The molecule has 1 aliphatic rings. The van der Waals surface area contributed by atoms with E-state index in [4.69, 9.17) is 4.74 Å². The lowest BCUT2D eigenvalue weighted by Crippen LogP contribution is -2.54. The van der Waals surface area contributed by atoms with Gasteiger partial charge in [0.1, 0.15) is 6.04 Å². The lowest BCUT2D eigenvalue weighted by molar-refractivity contribution is -0.122. The number of Topliss-reactive ketones (excluding diaryl/α,β-unsaturated/α-hetero) is 1. The number of esters is 1. The number of rotatable bonds is 10. The monoisotopic (exact) mass is 612 g/mol. The van der Waals surface area contributed by atoms with Crippen LogP contribution < -0.4 is 20.4 Å². The van der Waals surface area contributed by atoms with Gasteiger partial charge >= 0.3 is 12.0 Å². The molecule has 10 heteroatoms. The summed E-state index contributed by atoms with van der Waals surface area (Å²) in [5.74, 6) is -1.85. The topological polar surface area (TPSA) is 125 Å². The standard InChI is InChI=1S/C35H40N4O6/c1-6-11-24(5)32(41)38-20-28(37-35(44)36-26-14-10-13-25(19-26)34(43)45-7-2)33(42)39(30-18-22(3)16-17-29(30)38)21-31(40)27-15-9-8-12-23(27)4/h8-10,12-19,24,28H,6-7,11,20-21H2,1-5H3,(H2,36,37,44). The van der Waals surface area contributed by atoms with Crippen molar-refractivity contribution < 1.29 is 28.7 Å². The molecule has 1 aliphatic heterocycles. The van der Waals surface area contributed by atoms with E-state index >= 15 is 0 Å². The highest BCUT2D eigenvalue weighted by molar-refractivity contribution is 6.13. The third kappa shape index (κ3) is 7.75. The van der Waals surface area contributed by atoms with Crippen molar-refractivity contribution in [2.75, 3.05) is 34.8 Å². The molecule has 2 unspecified atom stereocenters. The van der Waals surface area contributed by atoms with E-state index in [0.29, 0.717) is 29.0 Å². The van der Waals surface area contributed by atoms with Crippen molar-refractivity contribution in [3.05, 3.63) is 89.0 Å². The Labute approximate surface area is 263 Å². The van der Waals surface area contributed by atoms with Crippen LogP contribution >= 0.6 is 0 Å². The maximum Gasteiger partial charge on any atom is 0.338 e. The van der Waals surface area contributed by atoms with E-state index in [1.165, 1.54) is 15.9 Å². The van der Waals surface area contributed by atoms with E-state index in [1.807, 2.05) is 45.9 Å². The van der Waals surface area contributed by atoms with E-state index in [9.17, 15) is 24.0 Å². The first-order valence-corrected chi connectivity index (χ1v) is 15.2. The Bertz CT molecular complexity index is 1600. The minimum absolute atomic E-state index is 0.132. The second-order valence-electron chi connectivity index (χ2n) is 11.2. The summed E-state index contributed by atoms with van der Waals surface area (Å²) in [6, 6.07) is 16.9. The van der Waals surface area contributed by atoms with Crippen LogP contribution in [-0.4, -0.2) is 55.3 Å². The van der Waals surface area contributed by atoms with E-state index in [0.717, 1.165) is 17.5 Å². The van der Waals surface area contributed by atoms with Crippen LogP contribution in [0.15, 0.2) is 66.7 Å². The van der Waals surface area contributed by atoms with Crippen molar-refractivity contribution in [2.24, 2.45) is 5.92 Å². The Morgan fingerprint density at radius 1 is 0.956 bits per heavy atom. The Morgan fingerprint density at radius 2 is 1.71 bits per heavy atom. The van der Waals surface area contributed by atoms with E-state index < -0.39 is 23.9 Å². The normalized spacial score (nSPS) is 15.0. The zero-order valence-corrected chi connectivity index (χ0v) is 26.4. The average molecular weight is 613 g/mol. The Hall–Kier alpha value is -4.99. The maximum atomic E-state index is 14.3. The molecule has 0 aromatic heterocycles. The van der Waals surface area contributed by atoms with Crippen LogP contribution in [0.5, 0.6) is 0 Å². The van der Waals surface area contributed by atoms with Gasteiger partial charge in [0.15, 0.2) is 5.78 Å². The molecule has 4 rings (SSSR count). The second-order valence-corrected chi connectivity index (χ2v) is 11.2. The average Bonchev–Trinajstić information content (AvgIpc) is 3.11. The number of urea groups is 1. The van der Waals surface area contributed by atoms with Gasteiger partial charge in [0, 0.05) is 17.2 Å². The Kier molecular flexibility index (Phi) is 10.7. The van der Waals surface area contributed by atoms with Crippen molar-refractivity contribution >= 4 is 46.7 Å². The zero-order chi connectivity index (χ0) is 32.7. The van der Waals surface area contributed by atoms with Crippen LogP contribution in [0.25, 0.3) is 0 Å². The number of amides is 4. The number of anilines is 3. The largest absolute Gasteiger partial charge is 0.462 e. The van der Waals surface area contributed by atoms with Crippen molar-refractivity contribution in [1.29, 1.82) is 0 Å². The molecular formula is C35H40N4O6. The van der Waals surface area contributed by atoms with Crippen LogP contribution in [0, 0.1) is 19.8 Å². The number of benzene rings is 3. The fraction of sp³-hybridized carbons (Fsp3) is 0.343.